The molecule has 0 aliphatic rings. The minimum absolute atomic E-state index is 0.0390. The Kier molecular flexibility index (Phi) is 7.13. The Morgan fingerprint density at radius 2 is 1.87 bits per heavy atom. The predicted octanol–water partition coefficient (Wildman–Crippen LogP) is 5.37. The molecule has 31 heavy (non-hydrogen) atoms. The molecule has 0 amide bonds. The summed E-state index contributed by atoms with van der Waals surface area (Å²) in [7, 11) is 0. The zero-order valence-electron chi connectivity index (χ0n) is 15.9. The molecule has 3 rings (SSSR count). The van der Waals surface area contributed by atoms with Gasteiger partial charge in [-0.2, -0.15) is 4.98 Å². The summed E-state index contributed by atoms with van der Waals surface area (Å²) >= 11 is 5.80. The largest absolute Gasteiger partial charge is 0.573 e. The minimum Gasteiger partial charge on any atom is -0.406 e. The molecule has 0 aliphatic carbocycles. The van der Waals surface area contributed by atoms with E-state index in [0.29, 0.717) is 35.7 Å². The van der Waals surface area contributed by atoms with Gasteiger partial charge in [0.25, 0.3) is 0 Å². The molecule has 0 aliphatic heterocycles. The molecule has 6 nitrogen and oxygen atoms in total. The van der Waals surface area contributed by atoms with Gasteiger partial charge in [0.1, 0.15) is 17.4 Å². The van der Waals surface area contributed by atoms with Crippen molar-refractivity contribution in [3.05, 3.63) is 59.4 Å². The van der Waals surface area contributed by atoms with E-state index in [0.717, 1.165) is 0 Å². The van der Waals surface area contributed by atoms with Crippen LogP contribution >= 0.6 is 11.6 Å². The van der Waals surface area contributed by atoms with Crippen LogP contribution in [0.1, 0.15) is 6.42 Å². The summed E-state index contributed by atoms with van der Waals surface area (Å²) in [4.78, 5) is 8.62. The smallest absolute Gasteiger partial charge is 0.406 e. The Labute approximate surface area is 179 Å². The van der Waals surface area contributed by atoms with E-state index in [1.807, 2.05) is 0 Å². The molecule has 0 saturated carbocycles. The Morgan fingerprint density at radius 3 is 2.58 bits per heavy atom. The number of aromatic nitrogens is 2. The maximum atomic E-state index is 13.4. The van der Waals surface area contributed by atoms with E-state index in [-0.39, 0.29) is 17.6 Å². The molecule has 0 saturated heterocycles. The number of nitrogens with one attached hydrogen (secondary N) is 2. The van der Waals surface area contributed by atoms with Crippen LogP contribution in [-0.4, -0.2) is 34.6 Å². The van der Waals surface area contributed by atoms with Gasteiger partial charge in [0.05, 0.1) is 10.7 Å². The first-order valence-corrected chi connectivity index (χ1v) is 9.43. The summed E-state index contributed by atoms with van der Waals surface area (Å²) in [5.74, 6) is -0.494. The molecule has 1 heterocycles. The van der Waals surface area contributed by atoms with E-state index in [2.05, 4.69) is 25.3 Å². The molecule has 0 bridgehead atoms. The van der Waals surface area contributed by atoms with Gasteiger partial charge in [-0.15, -0.1) is 13.2 Å². The number of hydrogen-bond acceptors (Lipinski definition) is 6. The SMILES string of the molecule is OCCCNc1nc(Nc2ccc(F)c(Cl)c2)cc(-c2cccc(OC(F)(F)F)c2)n1. The van der Waals surface area contributed by atoms with Crippen molar-refractivity contribution in [2.75, 3.05) is 23.8 Å². The van der Waals surface area contributed by atoms with Crippen LogP contribution < -0.4 is 15.4 Å². The second-order valence-electron chi connectivity index (χ2n) is 6.30. The highest BCUT2D eigenvalue weighted by molar-refractivity contribution is 6.31. The average molecular weight is 457 g/mol. The number of hydrogen-bond donors (Lipinski definition) is 3. The van der Waals surface area contributed by atoms with Crippen LogP contribution in [0.4, 0.5) is 35.0 Å². The number of anilines is 3. The van der Waals surface area contributed by atoms with Crippen molar-refractivity contribution in [2.45, 2.75) is 12.8 Å². The Bertz CT molecular complexity index is 1050. The fourth-order valence-corrected chi connectivity index (χ4v) is 2.77. The van der Waals surface area contributed by atoms with E-state index in [4.69, 9.17) is 16.7 Å². The number of ether oxygens (including phenoxy) is 1. The first-order chi connectivity index (χ1) is 14.7. The minimum atomic E-state index is -4.82. The van der Waals surface area contributed by atoms with Crippen LogP contribution in [0.3, 0.4) is 0 Å². The highest BCUT2D eigenvalue weighted by Crippen LogP contribution is 2.30. The van der Waals surface area contributed by atoms with Crippen LogP contribution in [0.5, 0.6) is 5.75 Å². The number of alkyl halides is 3. The molecule has 3 N–H and O–H groups in total. The Hall–Kier alpha value is -3.11. The van der Waals surface area contributed by atoms with Crippen molar-refractivity contribution in [2.24, 2.45) is 0 Å². The summed E-state index contributed by atoms with van der Waals surface area (Å²) in [6.07, 6.45) is -4.38. The number of nitrogens with zero attached hydrogens (tertiary/aromatic N) is 2. The maximum absolute atomic E-state index is 13.4. The van der Waals surface area contributed by atoms with Gasteiger partial charge in [0.15, 0.2) is 0 Å². The van der Waals surface area contributed by atoms with Crippen LogP contribution in [0, 0.1) is 5.82 Å². The third-order valence-corrected chi connectivity index (χ3v) is 4.19. The van der Waals surface area contributed by atoms with Gasteiger partial charge in [0.2, 0.25) is 5.95 Å². The predicted molar refractivity (Wildman–Crippen MR) is 109 cm³/mol. The van der Waals surface area contributed by atoms with Gasteiger partial charge >= 0.3 is 6.36 Å². The van der Waals surface area contributed by atoms with E-state index >= 15 is 0 Å². The number of aliphatic hydroxyl groups excluding tert-OH is 1. The zero-order chi connectivity index (χ0) is 22.4. The van der Waals surface area contributed by atoms with Crippen molar-refractivity contribution < 1.29 is 27.4 Å². The molecule has 3 aromatic rings. The number of halogens is 5. The second kappa shape index (κ2) is 9.80. The standard InChI is InChI=1S/C20H17ClF4N4O2/c21-15-10-13(5-6-16(15)22)27-18-11-17(28-19(29-18)26-7-2-8-30)12-3-1-4-14(9-12)31-20(23,24)25/h1,3-6,9-11,30H,2,7-8H2,(H2,26,27,28,29). The molecule has 2 aromatic carbocycles. The van der Waals surface area contributed by atoms with Crippen LogP contribution in [0.25, 0.3) is 11.3 Å². The molecular formula is C20H17ClF4N4O2. The van der Waals surface area contributed by atoms with Gasteiger partial charge in [-0.1, -0.05) is 23.7 Å². The van der Waals surface area contributed by atoms with Crippen LogP contribution in [0.2, 0.25) is 5.02 Å². The van der Waals surface area contributed by atoms with E-state index in [1.165, 1.54) is 42.5 Å². The normalized spacial score (nSPS) is 11.3. The topological polar surface area (TPSA) is 79.3 Å². The molecule has 0 radical (unpaired) electrons. The van der Waals surface area contributed by atoms with E-state index in [9.17, 15) is 17.6 Å². The van der Waals surface area contributed by atoms with Crippen LogP contribution in [0.15, 0.2) is 48.5 Å². The lowest BCUT2D eigenvalue weighted by Crippen LogP contribution is -2.17. The lowest BCUT2D eigenvalue weighted by atomic mass is 10.1. The summed E-state index contributed by atoms with van der Waals surface area (Å²) in [6, 6.07) is 10.9. The first-order valence-electron chi connectivity index (χ1n) is 9.05. The van der Waals surface area contributed by atoms with Crippen molar-refractivity contribution in [1.82, 2.24) is 9.97 Å². The lowest BCUT2D eigenvalue weighted by Gasteiger charge is -2.13. The summed E-state index contributed by atoms with van der Waals surface area (Å²) in [5.41, 5.74) is 1.12. The summed E-state index contributed by atoms with van der Waals surface area (Å²) in [6.45, 7) is 0.335. The zero-order valence-corrected chi connectivity index (χ0v) is 16.6. The van der Waals surface area contributed by atoms with Gasteiger partial charge in [-0.25, -0.2) is 9.37 Å². The molecule has 0 fully saturated rings. The number of aliphatic hydroxyl groups is 1. The highest BCUT2D eigenvalue weighted by Gasteiger charge is 2.31. The van der Waals surface area contributed by atoms with Gasteiger partial charge in [-0.05, 0) is 36.8 Å². The van der Waals surface area contributed by atoms with E-state index in [1.54, 1.807) is 6.07 Å². The molecule has 1 aromatic heterocycles. The number of benzene rings is 2. The van der Waals surface area contributed by atoms with Gasteiger partial charge in [0, 0.05) is 30.5 Å². The second-order valence-corrected chi connectivity index (χ2v) is 6.70. The fraction of sp³-hybridized carbons (Fsp3) is 0.200. The summed E-state index contributed by atoms with van der Waals surface area (Å²) < 4.78 is 55.0. The van der Waals surface area contributed by atoms with Crippen LogP contribution in [-0.2, 0) is 0 Å². The quantitative estimate of drug-likeness (QED) is 0.312. The number of rotatable bonds is 8. The van der Waals surface area contributed by atoms with Crippen molar-refractivity contribution >= 4 is 29.1 Å². The molecule has 0 unspecified atom stereocenters. The fourth-order valence-electron chi connectivity index (χ4n) is 2.59. The van der Waals surface area contributed by atoms with E-state index < -0.39 is 17.9 Å². The van der Waals surface area contributed by atoms with Gasteiger partial charge < -0.3 is 20.5 Å². The first kappa shape index (κ1) is 22.6. The maximum Gasteiger partial charge on any atom is 0.573 e. The third-order valence-electron chi connectivity index (χ3n) is 3.90. The molecule has 0 spiro atoms. The lowest BCUT2D eigenvalue weighted by molar-refractivity contribution is -0.274. The molecule has 11 heteroatoms. The molecular weight excluding hydrogens is 440 g/mol. The molecule has 0 atom stereocenters. The van der Waals surface area contributed by atoms with Crippen molar-refractivity contribution in [3.8, 4) is 17.0 Å². The van der Waals surface area contributed by atoms with Crippen molar-refractivity contribution in [1.29, 1.82) is 0 Å². The van der Waals surface area contributed by atoms with Gasteiger partial charge in [-0.3, -0.25) is 0 Å². The Morgan fingerprint density at radius 1 is 1.06 bits per heavy atom. The van der Waals surface area contributed by atoms with Crippen molar-refractivity contribution in [3.63, 3.8) is 0 Å². The molecule has 164 valence electrons. The third kappa shape index (κ3) is 6.69. The Balaban J connectivity index is 1.95. The highest BCUT2D eigenvalue weighted by atomic mass is 35.5. The summed E-state index contributed by atoms with van der Waals surface area (Å²) in [5, 5.41) is 14.8. The average Bonchev–Trinajstić information content (AvgIpc) is 2.70. The monoisotopic (exact) mass is 456 g/mol.